The number of hydrogen-bond acceptors (Lipinski definition) is 3. The van der Waals surface area contributed by atoms with E-state index >= 15 is 0 Å². The molecule has 4 nitrogen and oxygen atoms in total. The van der Waals surface area contributed by atoms with Crippen LogP contribution in [0.3, 0.4) is 0 Å². The van der Waals surface area contributed by atoms with E-state index in [1.54, 1.807) is 0 Å². The van der Waals surface area contributed by atoms with Gasteiger partial charge in [-0.25, -0.2) is 4.98 Å². The van der Waals surface area contributed by atoms with Crippen molar-refractivity contribution in [2.24, 2.45) is 7.05 Å². The first kappa shape index (κ1) is 13.5. The first-order valence-corrected chi connectivity index (χ1v) is 8.21. The smallest absolute Gasteiger partial charge is 0.0949 e. The van der Waals surface area contributed by atoms with Gasteiger partial charge in [-0.1, -0.05) is 18.2 Å². The molecule has 0 fully saturated rings. The minimum atomic E-state index is -0.905. The molecule has 1 aliphatic heterocycles. The van der Waals surface area contributed by atoms with Gasteiger partial charge >= 0.3 is 0 Å². The molecule has 0 saturated carbocycles. The van der Waals surface area contributed by atoms with E-state index in [9.17, 15) is 4.21 Å². The van der Waals surface area contributed by atoms with Crippen LogP contribution in [0.1, 0.15) is 11.4 Å². The van der Waals surface area contributed by atoms with E-state index in [0.29, 0.717) is 5.75 Å². The molecule has 0 saturated heterocycles. The molecule has 1 aromatic carbocycles. The summed E-state index contributed by atoms with van der Waals surface area (Å²) in [5, 5.41) is 0. The first-order valence-electron chi connectivity index (χ1n) is 6.89. The van der Waals surface area contributed by atoms with Crippen molar-refractivity contribution >= 4 is 10.8 Å². The van der Waals surface area contributed by atoms with Crippen LogP contribution >= 0.6 is 0 Å². The highest BCUT2D eigenvalue weighted by Crippen LogP contribution is 2.17. The summed E-state index contributed by atoms with van der Waals surface area (Å²) in [5.74, 6) is 0.687. The van der Waals surface area contributed by atoms with Gasteiger partial charge in [0.25, 0.3) is 0 Å². The number of fused-ring (bicyclic) bond motifs is 1. The minimum Gasteiger partial charge on any atom is -0.337 e. The number of aromatic nitrogens is 2. The normalized spacial score (nSPS) is 16.9. The Morgan fingerprint density at radius 2 is 2.10 bits per heavy atom. The van der Waals surface area contributed by atoms with Crippen LogP contribution in [0.4, 0.5) is 0 Å². The fourth-order valence-corrected chi connectivity index (χ4v) is 3.73. The molecule has 0 N–H and O–H groups in total. The molecule has 106 valence electrons. The third kappa shape index (κ3) is 2.83. The molecule has 0 bridgehead atoms. The van der Waals surface area contributed by atoms with Crippen molar-refractivity contribution < 1.29 is 4.21 Å². The summed E-state index contributed by atoms with van der Waals surface area (Å²) in [6.45, 7) is 2.76. The van der Waals surface area contributed by atoms with E-state index in [1.165, 1.54) is 11.4 Å². The van der Waals surface area contributed by atoms with Gasteiger partial charge in [-0.05, 0) is 12.1 Å². The molecule has 2 heterocycles. The lowest BCUT2D eigenvalue weighted by Crippen LogP contribution is -2.34. The number of nitrogens with zero attached hydrogens (tertiary/aromatic N) is 3. The fraction of sp³-hybridized carbons (Fsp3) is 0.400. The molecule has 0 spiro atoms. The Morgan fingerprint density at radius 3 is 2.90 bits per heavy atom. The van der Waals surface area contributed by atoms with E-state index in [-0.39, 0.29) is 0 Å². The fourth-order valence-electron chi connectivity index (χ4n) is 2.60. The van der Waals surface area contributed by atoms with Gasteiger partial charge in [-0.3, -0.25) is 9.11 Å². The monoisotopic (exact) mass is 289 g/mol. The summed E-state index contributed by atoms with van der Waals surface area (Å²) in [6.07, 6.45) is 2.92. The molecule has 20 heavy (non-hydrogen) atoms. The summed E-state index contributed by atoms with van der Waals surface area (Å²) in [7, 11) is 1.14. The number of rotatable bonds is 4. The maximum absolute atomic E-state index is 12.2. The third-order valence-corrected chi connectivity index (χ3v) is 5.13. The minimum absolute atomic E-state index is 0.687. The van der Waals surface area contributed by atoms with Gasteiger partial charge in [-0.2, -0.15) is 0 Å². The van der Waals surface area contributed by atoms with Crippen LogP contribution in [0.15, 0.2) is 41.6 Å². The van der Waals surface area contributed by atoms with Crippen LogP contribution in [0.25, 0.3) is 0 Å². The topological polar surface area (TPSA) is 38.1 Å². The lowest BCUT2D eigenvalue weighted by Gasteiger charge is -2.26. The second-order valence-electron chi connectivity index (χ2n) is 5.14. The van der Waals surface area contributed by atoms with E-state index in [0.717, 1.165) is 31.0 Å². The number of aryl methyl sites for hydroxylation is 1. The van der Waals surface area contributed by atoms with Crippen LogP contribution in [-0.2, 0) is 30.8 Å². The quantitative estimate of drug-likeness (QED) is 0.858. The van der Waals surface area contributed by atoms with Crippen molar-refractivity contribution in [3.8, 4) is 0 Å². The molecule has 1 aromatic heterocycles. The highest BCUT2D eigenvalue weighted by Gasteiger charge is 2.20. The van der Waals surface area contributed by atoms with Crippen molar-refractivity contribution in [1.82, 2.24) is 14.5 Å². The van der Waals surface area contributed by atoms with Gasteiger partial charge in [0.15, 0.2) is 0 Å². The summed E-state index contributed by atoms with van der Waals surface area (Å²) in [4.78, 5) is 7.70. The molecule has 1 aliphatic rings. The van der Waals surface area contributed by atoms with E-state index in [4.69, 9.17) is 0 Å². The number of benzene rings is 1. The van der Waals surface area contributed by atoms with Crippen molar-refractivity contribution in [3.05, 3.63) is 48.0 Å². The second kappa shape index (κ2) is 5.89. The van der Waals surface area contributed by atoms with Gasteiger partial charge in [0.2, 0.25) is 0 Å². The Kier molecular flexibility index (Phi) is 3.98. The molecule has 1 unspecified atom stereocenters. The Balaban J connectivity index is 1.57. The average molecular weight is 289 g/mol. The Morgan fingerprint density at radius 1 is 1.30 bits per heavy atom. The summed E-state index contributed by atoms with van der Waals surface area (Å²) < 4.78 is 14.3. The maximum atomic E-state index is 12.2. The molecule has 1 atom stereocenters. The molecule has 5 heteroatoms. The average Bonchev–Trinajstić information content (AvgIpc) is 2.87. The predicted octanol–water partition coefficient (Wildman–Crippen LogP) is 1.59. The summed E-state index contributed by atoms with van der Waals surface area (Å²) in [6, 6.07) is 9.70. The first-order chi connectivity index (χ1) is 9.74. The summed E-state index contributed by atoms with van der Waals surface area (Å²) in [5.41, 5.74) is 2.51. The number of imidazole rings is 1. The standard InChI is InChI=1S/C15H19N3OS/c1-17-12-16-14-11-18(8-7-15(14)17)9-10-20(19)13-5-3-2-4-6-13/h2-6,12H,7-11H2,1H3. The van der Waals surface area contributed by atoms with E-state index < -0.39 is 10.8 Å². The van der Waals surface area contributed by atoms with Gasteiger partial charge in [0.05, 0.1) is 22.8 Å². The molecular weight excluding hydrogens is 270 g/mol. The maximum Gasteiger partial charge on any atom is 0.0949 e. The lowest BCUT2D eigenvalue weighted by molar-refractivity contribution is 0.263. The highest BCUT2D eigenvalue weighted by molar-refractivity contribution is 7.85. The van der Waals surface area contributed by atoms with Crippen molar-refractivity contribution in [1.29, 1.82) is 0 Å². The van der Waals surface area contributed by atoms with Crippen LogP contribution < -0.4 is 0 Å². The SMILES string of the molecule is Cn1cnc2c1CCN(CCS(=O)c1ccccc1)C2. The Labute approximate surface area is 121 Å². The Hall–Kier alpha value is -1.46. The van der Waals surface area contributed by atoms with Crippen LogP contribution in [0, 0.1) is 0 Å². The molecular formula is C15H19N3OS. The predicted molar refractivity (Wildman–Crippen MR) is 79.9 cm³/mol. The molecule has 0 aliphatic carbocycles. The number of hydrogen-bond donors (Lipinski definition) is 0. The Bertz CT molecular complexity index is 609. The van der Waals surface area contributed by atoms with Crippen molar-refractivity contribution in [2.45, 2.75) is 17.9 Å². The van der Waals surface area contributed by atoms with E-state index in [1.807, 2.05) is 43.7 Å². The van der Waals surface area contributed by atoms with Crippen molar-refractivity contribution in [3.63, 3.8) is 0 Å². The van der Waals surface area contributed by atoms with Crippen LogP contribution in [0.5, 0.6) is 0 Å². The third-order valence-electron chi connectivity index (χ3n) is 3.78. The van der Waals surface area contributed by atoms with Gasteiger partial charge in [0, 0.05) is 49.4 Å². The zero-order chi connectivity index (χ0) is 13.9. The largest absolute Gasteiger partial charge is 0.337 e. The van der Waals surface area contributed by atoms with Gasteiger partial charge < -0.3 is 4.57 Å². The molecule has 2 aromatic rings. The summed E-state index contributed by atoms with van der Waals surface area (Å²) >= 11 is 0. The molecule has 0 radical (unpaired) electrons. The zero-order valence-electron chi connectivity index (χ0n) is 11.7. The second-order valence-corrected chi connectivity index (χ2v) is 6.71. The van der Waals surface area contributed by atoms with Crippen molar-refractivity contribution in [2.75, 3.05) is 18.8 Å². The highest BCUT2D eigenvalue weighted by atomic mass is 32.2. The van der Waals surface area contributed by atoms with Gasteiger partial charge in [0.1, 0.15) is 0 Å². The molecule has 3 rings (SSSR count). The van der Waals surface area contributed by atoms with Crippen LogP contribution in [-0.4, -0.2) is 37.5 Å². The molecule has 0 amide bonds. The van der Waals surface area contributed by atoms with Crippen LogP contribution in [0.2, 0.25) is 0 Å². The van der Waals surface area contributed by atoms with Gasteiger partial charge in [-0.15, -0.1) is 0 Å². The van der Waals surface area contributed by atoms with E-state index in [2.05, 4.69) is 14.5 Å². The zero-order valence-corrected chi connectivity index (χ0v) is 12.5. The lowest BCUT2D eigenvalue weighted by atomic mass is 10.1.